The predicted molar refractivity (Wildman–Crippen MR) is 118 cm³/mol. The smallest absolute Gasteiger partial charge is 0.255 e. The summed E-state index contributed by atoms with van der Waals surface area (Å²) in [7, 11) is 3.12. The van der Waals surface area contributed by atoms with Gasteiger partial charge >= 0.3 is 0 Å². The Morgan fingerprint density at radius 2 is 1.74 bits per heavy atom. The molecule has 2 aromatic heterocycles. The Morgan fingerprint density at radius 1 is 0.968 bits per heavy atom. The van der Waals surface area contributed by atoms with E-state index in [0.717, 1.165) is 16.9 Å². The van der Waals surface area contributed by atoms with Gasteiger partial charge in [-0.2, -0.15) is 0 Å². The minimum Gasteiger partial charge on any atom is -0.497 e. The molecule has 0 aliphatic rings. The molecule has 2 aromatic carbocycles. The van der Waals surface area contributed by atoms with Gasteiger partial charge < -0.3 is 23.9 Å². The van der Waals surface area contributed by atoms with E-state index in [0.29, 0.717) is 35.1 Å². The largest absolute Gasteiger partial charge is 0.497 e. The number of hydrogen-bond acceptors (Lipinski definition) is 5. The van der Waals surface area contributed by atoms with Gasteiger partial charge in [-0.05, 0) is 36.8 Å². The average Bonchev–Trinajstić information content (AvgIpc) is 3.19. The van der Waals surface area contributed by atoms with E-state index < -0.39 is 0 Å². The van der Waals surface area contributed by atoms with E-state index in [9.17, 15) is 4.79 Å². The maximum atomic E-state index is 12.7. The Hall–Kier alpha value is -4.00. The molecule has 1 N–H and O–H groups in total. The van der Waals surface area contributed by atoms with Gasteiger partial charge in [-0.15, -0.1) is 0 Å². The summed E-state index contributed by atoms with van der Waals surface area (Å²) in [5.74, 6) is 1.51. The van der Waals surface area contributed by atoms with Crippen LogP contribution in [0.15, 0.2) is 67.0 Å². The van der Waals surface area contributed by atoms with Crippen molar-refractivity contribution in [1.82, 2.24) is 9.38 Å². The normalized spacial score (nSPS) is 10.7. The molecule has 4 rings (SSSR count). The number of nitrogens with zero attached hydrogens (tertiary/aromatic N) is 2. The zero-order chi connectivity index (χ0) is 21.8. The molecule has 0 spiro atoms. The first kappa shape index (κ1) is 20.3. The standard InChI is InChI=1S/C24H23N3O4/c1-16-7-8-23-25-19(14-27(23)13-16)15-31-20-6-4-5-17(9-20)24(28)26-18-10-21(29-2)12-22(11-18)30-3/h4-14H,15H2,1-3H3,(H,26,28). The number of methoxy groups -OCH3 is 2. The zero-order valence-corrected chi connectivity index (χ0v) is 17.6. The maximum absolute atomic E-state index is 12.7. The van der Waals surface area contributed by atoms with Gasteiger partial charge in [0.2, 0.25) is 0 Å². The number of carbonyl (C=O) groups is 1. The summed E-state index contributed by atoms with van der Waals surface area (Å²) >= 11 is 0. The van der Waals surface area contributed by atoms with Crippen LogP contribution < -0.4 is 19.5 Å². The Balaban J connectivity index is 1.45. The zero-order valence-electron chi connectivity index (χ0n) is 17.6. The molecule has 0 saturated heterocycles. The number of aryl methyl sites for hydroxylation is 1. The quantitative estimate of drug-likeness (QED) is 0.480. The lowest BCUT2D eigenvalue weighted by Crippen LogP contribution is -2.12. The number of imidazole rings is 1. The van der Waals surface area contributed by atoms with Crippen molar-refractivity contribution in [2.24, 2.45) is 0 Å². The van der Waals surface area contributed by atoms with E-state index >= 15 is 0 Å². The Kier molecular flexibility index (Phi) is 5.75. The average molecular weight is 417 g/mol. The van der Waals surface area contributed by atoms with Gasteiger partial charge in [-0.3, -0.25) is 4.79 Å². The van der Waals surface area contributed by atoms with Crippen molar-refractivity contribution < 1.29 is 19.0 Å². The van der Waals surface area contributed by atoms with Crippen LogP contribution in [-0.2, 0) is 6.61 Å². The van der Waals surface area contributed by atoms with Crippen LogP contribution in [0, 0.1) is 6.92 Å². The molecule has 0 atom stereocenters. The third kappa shape index (κ3) is 4.78. The number of hydrogen-bond donors (Lipinski definition) is 1. The van der Waals surface area contributed by atoms with Crippen molar-refractivity contribution in [2.45, 2.75) is 13.5 Å². The third-order valence-corrected chi connectivity index (χ3v) is 4.74. The number of nitrogens with one attached hydrogen (secondary N) is 1. The number of carbonyl (C=O) groups excluding carboxylic acids is 1. The molecule has 4 aromatic rings. The molecule has 7 nitrogen and oxygen atoms in total. The minimum absolute atomic E-state index is 0.260. The highest BCUT2D eigenvalue weighted by atomic mass is 16.5. The number of ether oxygens (including phenoxy) is 3. The predicted octanol–water partition coefficient (Wildman–Crippen LogP) is 4.49. The molecule has 0 unspecified atom stereocenters. The van der Waals surface area contributed by atoms with Crippen molar-refractivity contribution in [1.29, 1.82) is 0 Å². The van der Waals surface area contributed by atoms with E-state index in [4.69, 9.17) is 14.2 Å². The van der Waals surface area contributed by atoms with Gasteiger partial charge in [0.05, 0.1) is 19.9 Å². The van der Waals surface area contributed by atoms with E-state index in [2.05, 4.69) is 10.3 Å². The fourth-order valence-electron chi connectivity index (χ4n) is 3.19. The van der Waals surface area contributed by atoms with Crippen LogP contribution in [0.5, 0.6) is 17.2 Å². The first-order chi connectivity index (χ1) is 15.0. The topological polar surface area (TPSA) is 74.1 Å². The summed E-state index contributed by atoms with van der Waals surface area (Å²) in [5.41, 5.74) is 3.89. The van der Waals surface area contributed by atoms with Gasteiger partial charge in [0.15, 0.2) is 0 Å². The molecule has 0 radical (unpaired) electrons. The molecule has 0 saturated carbocycles. The highest BCUT2D eigenvalue weighted by Gasteiger charge is 2.10. The minimum atomic E-state index is -0.260. The van der Waals surface area contributed by atoms with Crippen molar-refractivity contribution in [2.75, 3.05) is 19.5 Å². The number of rotatable bonds is 7. The molecule has 0 bridgehead atoms. The molecular weight excluding hydrogens is 394 g/mol. The molecule has 0 aliphatic heterocycles. The second-order valence-corrected chi connectivity index (χ2v) is 7.08. The van der Waals surface area contributed by atoms with Crippen LogP contribution in [0.25, 0.3) is 5.65 Å². The van der Waals surface area contributed by atoms with Crippen LogP contribution in [0.2, 0.25) is 0 Å². The van der Waals surface area contributed by atoms with E-state index in [-0.39, 0.29) is 5.91 Å². The lowest BCUT2D eigenvalue weighted by molar-refractivity contribution is 0.102. The molecule has 0 fully saturated rings. The summed E-state index contributed by atoms with van der Waals surface area (Å²) in [4.78, 5) is 17.3. The third-order valence-electron chi connectivity index (χ3n) is 4.74. The van der Waals surface area contributed by atoms with E-state index in [1.807, 2.05) is 41.9 Å². The number of benzene rings is 2. The van der Waals surface area contributed by atoms with Crippen LogP contribution in [0.4, 0.5) is 5.69 Å². The van der Waals surface area contributed by atoms with Crippen LogP contribution in [-0.4, -0.2) is 29.5 Å². The number of pyridine rings is 1. The van der Waals surface area contributed by atoms with Crippen molar-refractivity contribution in [3.8, 4) is 17.2 Å². The second kappa shape index (κ2) is 8.79. The number of aromatic nitrogens is 2. The van der Waals surface area contributed by atoms with Crippen molar-refractivity contribution in [3.05, 3.63) is 83.8 Å². The maximum Gasteiger partial charge on any atom is 0.255 e. The summed E-state index contributed by atoms with van der Waals surface area (Å²) < 4.78 is 18.3. The van der Waals surface area contributed by atoms with Gasteiger partial charge in [0, 0.05) is 41.8 Å². The van der Waals surface area contributed by atoms with Gasteiger partial charge in [0.25, 0.3) is 5.91 Å². The SMILES string of the molecule is COc1cc(NC(=O)c2cccc(OCc3cn4cc(C)ccc4n3)c2)cc(OC)c1. The monoisotopic (exact) mass is 417 g/mol. The summed E-state index contributed by atoms with van der Waals surface area (Å²) in [6.07, 6.45) is 3.96. The van der Waals surface area contributed by atoms with Crippen LogP contribution >= 0.6 is 0 Å². The molecular formula is C24H23N3O4. The van der Waals surface area contributed by atoms with E-state index in [1.165, 1.54) is 0 Å². The fraction of sp³-hybridized carbons (Fsp3) is 0.167. The Morgan fingerprint density at radius 3 is 2.48 bits per heavy atom. The lowest BCUT2D eigenvalue weighted by Gasteiger charge is -2.11. The van der Waals surface area contributed by atoms with Gasteiger partial charge in [-0.25, -0.2) is 4.98 Å². The summed E-state index contributed by atoms with van der Waals surface area (Å²) in [6.45, 7) is 2.34. The second-order valence-electron chi connectivity index (χ2n) is 7.08. The van der Waals surface area contributed by atoms with Crippen molar-refractivity contribution in [3.63, 3.8) is 0 Å². The number of anilines is 1. The van der Waals surface area contributed by atoms with Crippen LogP contribution in [0.3, 0.4) is 0 Å². The molecule has 7 heteroatoms. The Labute approximate surface area is 180 Å². The number of amides is 1. The molecule has 31 heavy (non-hydrogen) atoms. The van der Waals surface area contributed by atoms with E-state index in [1.54, 1.807) is 50.6 Å². The fourth-order valence-corrected chi connectivity index (χ4v) is 3.19. The molecule has 0 aliphatic carbocycles. The molecule has 2 heterocycles. The Bertz CT molecular complexity index is 1210. The van der Waals surface area contributed by atoms with Crippen LogP contribution in [0.1, 0.15) is 21.6 Å². The number of fused-ring (bicyclic) bond motifs is 1. The molecule has 1 amide bonds. The summed E-state index contributed by atoms with van der Waals surface area (Å²) in [5, 5.41) is 2.86. The highest BCUT2D eigenvalue weighted by Crippen LogP contribution is 2.26. The van der Waals surface area contributed by atoms with Gasteiger partial charge in [0.1, 0.15) is 29.5 Å². The van der Waals surface area contributed by atoms with Crippen molar-refractivity contribution >= 4 is 17.2 Å². The first-order valence-electron chi connectivity index (χ1n) is 9.75. The lowest BCUT2D eigenvalue weighted by atomic mass is 10.2. The summed E-state index contributed by atoms with van der Waals surface area (Å²) in [6, 6.07) is 16.2. The first-order valence-corrected chi connectivity index (χ1v) is 9.75. The highest BCUT2D eigenvalue weighted by molar-refractivity contribution is 6.04. The molecule has 158 valence electrons. The van der Waals surface area contributed by atoms with Gasteiger partial charge in [-0.1, -0.05) is 12.1 Å².